The lowest BCUT2D eigenvalue weighted by molar-refractivity contribution is -0.137. The average molecular weight is 422 g/mol. The minimum Gasteiger partial charge on any atom is -0.318 e. The first-order valence-corrected chi connectivity index (χ1v) is 10.3. The van der Waals surface area contributed by atoms with Gasteiger partial charge in [-0.05, 0) is 91.1 Å². The highest BCUT2D eigenvalue weighted by molar-refractivity contribution is 5.82. The summed E-state index contributed by atoms with van der Waals surface area (Å²) in [5.41, 5.74) is 7.95. The van der Waals surface area contributed by atoms with Gasteiger partial charge in [0.25, 0.3) is 0 Å². The number of halogens is 3. The first-order chi connectivity index (χ1) is 14.7. The van der Waals surface area contributed by atoms with Crippen LogP contribution in [0.5, 0.6) is 0 Å². The number of nitrogens with zero attached hydrogens (tertiary/aromatic N) is 1. The van der Waals surface area contributed by atoms with E-state index in [1.807, 2.05) is 23.3 Å². The maximum Gasteiger partial charge on any atom is 0.416 e. The van der Waals surface area contributed by atoms with E-state index in [0.29, 0.717) is 0 Å². The van der Waals surface area contributed by atoms with Crippen LogP contribution >= 0.6 is 0 Å². The lowest BCUT2D eigenvalue weighted by Gasteiger charge is -2.27. The summed E-state index contributed by atoms with van der Waals surface area (Å²) in [6.45, 7) is 10.4. The molecular formula is C26H25F3N2. The topological polar surface area (TPSA) is 15.3 Å². The summed E-state index contributed by atoms with van der Waals surface area (Å²) in [6, 6.07) is 11.6. The van der Waals surface area contributed by atoms with E-state index >= 15 is 0 Å². The molecule has 160 valence electrons. The molecule has 0 saturated carbocycles. The van der Waals surface area contributed by atoms with Gasteiger partial charge in [0.2, 0.25) is 0 Å². The number of benzene rings is 2. The predicted octanol–water partition coefficient (Wildman–Crippen LogP) is 6.71. The van der Waals surface area contributed by atoms with Crippen molar-refractivity contribution in [2.24, 2.45) is 0 Å². The van der Waals surface area contributed by atoms with Crippen LogP contribution in [0.3, 0.4) is 0 Å². The van der Waals surface area contributed by atoms with Crippen molar-refractivity contribution in [3.63, 3.8) is 0 Å². The molecule has 0 fully saturated rings. The minimum absolute atomic E-state index is 0.647. The zero-order valence-electron chi connectivity index (χ0n) is 17.7. The number of allylic oxidation sites excluding steroid dienone is 3. The van der Waals surface area contributed by atoms with E-state index in [1.165, 1.54) is 34.4 Å². The molecule has 2 aliphatic heterocycles. The third kappa shape index (κ3) is 4.37. The third-order valence-electron chi connectivity index (χ3n) is 5.89. The van der Waals surface area contributed by atoms with Gasteiger partial charge in [-0.3, -0.25) is 0 Å². The van der Waals surface area contributed by atoms with Gasteiger partial charge in [0.15, 0.2) is 0 Å². The molecule has 4 rings (SSSR count). The molecule has 2 heterocycles. The molecule has 2 aromatic carbocycles. The van der Waals surface area contributed by atoms with Crippen LogP contribution in [0.2, 0.25) is 0 Å². The van der Waals surface area contributed by atoms with E-state index in [4.69, 9.17) is 0 Å². The maximum absolute atomic E-state index is 12.8. The summed E-state index contributed by atoms with van der Waals surface area (Å²) in [6.07, 6.45) is 2.44. The Labute approximate surface area is 181 Å². The molecule has 2 nitrogen and oxygen atoms in total. The monoisotopic (exact) mass is 422 g/mol. The van der Waals surface area contributed by atoms with Crippen LogP contribution in [-0.2, 0) is 6.18 Å². The molecule has 0 saturated heterocycles. The zero-order valence-corrected chi connectivity index (χ0v) is 17.7. The Morgan fingerprint density at radius 2 is 1.77 bits per heavy atom. The number of hydrogen-bond donors (Lipinski definition) is 1. The lowest BCUT2D eigenvalue weighted by atomic mass is 9.92. The lowest BCUT2D eigenvalue weighted by Crippen LogP contribution is -2.24. The van der Waals surface area contributed by atoms with Gasteiger partial charge in [-0.1, -0.05) is 30.4 Å². The second kappa shape index (κ2) is 8.23. The number of rotatable bonds is 3. The van der Waals surface area contributed by atoms with Gasteiger partial charge in [0, 0.05) is 24.1 Å². The Kier molecular flexibility index (Phi) is 5.63. The molecule has 5 heteroatoms. The van der Waals surface area contributed by atoms with Crippen molar-refractivity contribution in [3.8, 4) is 0 Å². The van der Waals surface area contributed by atoms with E-state index < -0.39 is 11.7 Å². The van der Waals surface area contributed by atoms with Crippen molar-refractivity contribution < 1.29 is 13.2 Å². The molecule has 0 aliphatic carbocycles. The maximum atomic E-state index is 12.8. The molecular weight excluding hydrogens is 397 g/mol. The van der Waals surface area contributed by atoms with Crippen LogP contribution in [0.1, 0.15) is 35.6 Å². The molecule has 0 unspecified atom stereocenters. The standard InChI is InChI=1S/C26H25F3N2/c1-17-10-12-30-16-25(17)24-9-8-23(14-18(24)2)31-13-11-21(15-19(31)3)20-4-6-22(7-5-20)26(27,28)29/h4-9,11,13-15,30H,3,10,12,16H2,1-2H3. The summed E-state index contributed by atoms with van der Waals surface area (Å²) in [4.78, 5) is 1.99. The van der Waals surface area contributed by atoms with Crippen molar-refractivity contribution in [2.75, 3.05) is 18.0 Å². The quantitative estimate of drug-likeness (QED) is 0.591. The second-order valence-corrected chi connectivity index (χ2v) is 8.04. The number of nitrogens with one attached hydrogen (secondary N) is 1. The molecule has 1 N–H and O–H groups in total. The molecule has 31 heavy (non-hydrogen) atoms. The van der Waals surface area contributed by atoms with Crippen molar-refractivity contribution in [3.05, 3.63) is 101 Å². The van der Waals surface area contributed by atoms with Crippen molar-refractivity contribution in [2.45, 2.75) is 26.4 Å². The molecule has 2 aliphatic rings. The highest BCUT2D eigenvalue weighted by Gasteiger charge is 2.30. The summed E-state index contributed by atoms with van der Waals surface area (Å²) < 4.78 is 38.4. The number of alkyl halides is 3. The van der Waals surface area contributed by atoms with E-state index in [9.17, 15) is 13.2 Å². The van der Waals surface area contributed by atoms with Crippen LogP contribution in [-0.4, -0.2) is 13.1 Å². The average Bonchev–Trinajstić information content (AvgIpc) is 2.74. The smallest absolute Gasteiger partial charge is 0.318 e. The zero-order chi connectivity index (χ0) is 22.2. The largest absolute Gasteiger partial charge is 0.416 e. The van der Waals surface area contributed by atoms with Crippen molar-refractivity contribution in [1.29, 1.82) is 0 Å². The molecule has 0 amide bonds. The van der Waals surface area contributed by atoms with E-state index in [2.05, 4.69) is 43.9 Å². The van der Waals surface area contributed by atoms with Gasteiger partial charge in [0.05, 0.1) is 5.56 Å². The van der Waals surface area contributed by atoms with E-state index in [1.54, 1.807) is 0 Å². The molecule has 0 bridgehead atoms. The van der Waals surface area contributed by atoms with Crippen LogP contribution in [0.25, 0.3) is 11.1 Å². The van der Waals surface area contributed by atoms with Gasteiger partial charge in [-0.25, -0.2) is 0 Å². The molecule has 0 aromatic heterocycles. The summed E-state index contributed by atoms with van der Waals surface area (Å²) in [7, 11) is 0. The second-order valence-electron chi connectivity index (χ2n) is 8.04. The summed E-state index contributed by atoms with van der Waals surface area (Å²) in [5, 5.41) is 3.44. The van der Waals surface area contributed by atoms with Gasteiger partial charge in [-0.15, -0.1) is 0 Å². The Morgan fingerprint density at radius 3 is 2.39 bits per heavy atom. The normalized spacial score (nSPS) is 17.3. The molecule has 0 radical (unpaired) electrons. The highest BCUT2D eigenvalue weighted by Crippen LogP contribution is 2.34. The first kappa shape index (κ1) is 21.2. The van der Waals surface area contributed by atoms with E-state index in [-0.39, 0.29) is 0 Å². The number of hydrogen-bond acceptors (Lipinski definition) is 2. The molecule has 2 aromatic rings. The van der Waals surface area contributed by atoms with Crippen molar-refractivity contribution >= 4 is 16.8 Å². The van der Waals surface area contributed by atoms with Crippen LogP contribution in [0, 0.1) is 6.92 Å². The van der Waals surface area contributed by atoms with Gasteiger partial charge < -0.3 is 10.2 Å². The van der Waals surface area contributed by atoms with Crippen LogP contribution in [0.15, 0.2) is 78.7 Å². The fourth-order valence-electron chi connectivity index (χ4n) is 4.08. The van der Waals surface area contributed by atoms with Crippen LogP contribution in [0.4, 0.5) is 18.9 Å². The van der Waals surface area contributed by atoms with Gasteiger partial charge >= 0.3 is 6.18 Å². The predicted molar refractivity (Wildman–Crippen MR) is 121 cm³/mol. The fourth-order valence-corrected chi connectivity index (χ4v) is 4.08. The SMILES string of the molecule is C=C1C=C(c2ccc(C(F)(F)F)cc2)C=CN1c1ccc(C2=C(C)CCNC2)c(C)c1. The first-order valence-electron chi connectivity index (χ1n) is 10.3. The van der Waals surface area contributed by atoms with Gasteiger partial charge in [0.1, 0.15) is 0 Å². The minimum atomic E-state index is -4.33. The summed E-state index contributed by atoms with van der Waals surface area (Å²) in [5.74, 6) is 0. The Hall–Kier alpha value is -3.05. The Morgan fingerprint density at radius 1 is 1.03 bits per heavy atom. The van der Waals surface area contributed by atoms with E-state index in [0.717, 1.165) is 54.2 Å². The molecule has 0 atom stereocenters. The number of aryl methyl sites for hydroxylation is 1. The summed E-state index contributed by atoms with van der Waals surface area (Å²) >= 11 is 0. The van der Waals surface area contributed by atoms with Crippen LogP contribution < -0.4 is 10.2 Å². The molecule has 0 spiro atoms. The fraction of sp³-hybridized carbons (Fsp3) is 0.231. The number of anilines is 1. The third-order valence-corrected chi connectivity index (χ3v) is 5.89. The van der Waals surface area contributed by atoms with Crippen molar-refractivity contribution in [1.82, 2.24) is 5.32 Å². The van der Waals surface area contributed by atoms with Gasteiger partial charge in [-0.2, -0.15) is 13.2 Å². The Bertz CT molecular complexity index is 1100. The highest BCUT2D eigenvalue weighted by atomic mass is 19.4. The Balaban J connectivity index is 1.55.